The highest BCUT2D eigenvalue weighted by atomic mass is 19.4. The largest absolute Gasteiger partial charge is 0.493 e. The monoisotopic (exact) mass is 259 g/mol. The van der Waals surface area contributed by atoms with E-state index in [2.05, 4.69) is 0 Å². The summed E-state index contributed by atoms with van der Waals surface area (Å²) >= 11 is 0. The molecule has 18 heavy (non-hydrogen) atoms. The van der Waals surface area contributed by atoms with Crippen molar-refractivity contribution in [2.75, 3.05) is 13.2 Å². The van der Waals surface area contributed by atoms with Gasteiger partial charge in [-0.3, -0.25) is 0 Å². The maximum Gasteiger partial charge on any atom is 0.416 e. The first-order valence-corrected chi connectivity index (χ1v) is 6.01. The predicted molar refractivity (Wildman–Crippen MR) is 62.2 cm³/mol. The molecule has 1 unspecified atom stereocenters. The molecule has 0 saturated heterocycles. The minimum absolute atomic E-state index is 0.312. The Labute approximate surface area is 104 Å². The van der Waals surface area contributed by atoms with Gasteiger partial charge in [-0.25, -0.2) is 0 Å². The first-order valence-electron chi connectivity index (χ1n) is 6.01. The number of benzene rings is 1. The molecule has 0 spiro atoms. The molecule has 2 N–H and O–H groups in total. The summed E-state index contributed by atoms with van der Waals surface area (Å²) in [4.78, 5) is 0. The smallest absolute Gasteiger partial charge is 0.416 e. The zero-order chi connectivity index (χ0) is 13.2. The lowest BCUT2D eigenvalue weighted by atomic mass is 10.1. The molecule has 100 valence electrons. The fraction of sp³-hybridized carbons (Fsp3) is 0.538. The van der Waals surface area contributed by atoms with Crippen molar-refractivity contribution in [1.82, 2.24) is 0 Å². The molecule has 1 atom stereocenters. The van der Waals surface area contributed by atoms with Crippen molar-refractivity contribution in [1.29, 1.82) is 0 Å². The van der Waals surface area contributed by atoms with E-state index in [1.54, 1.807) is 0 Å². The number of halogens is 3. The SMILES string of the molecule is NCC(COc1ccc(C(F)(F)F)cc1)C1CC1. The summed E-state index contributed by atoms with van der Waals surface area (Å²) < 4.78 is 42.5. The van der Waals surface area contributed by atoms with Crippen molar-refractivity contribution < 1.29 is 17.9 Å². The molecule has 2 rings (SSSR count). The molecule has 5 heteroatoms. The van der Waals surface area contributed by atoms with Gasteiger partial charge in [-0.05, 0) is 49.6 Å². The predicted octanol–water partition coefficient (Wildman–Crippen LogP) is 3.07. The van der Waals surface area contributed by atoms with Gasteiger partial charge < -0.3 is 10.5 Å². The van der Waals surface area contributed by atoms with E-state index in [1.807, 2.05) is 0 Å². The van der Waals surface area contributed by atoms with E-state index in [0.717, 1.165) is 12.1 Å². The van der Waals surface area contributed by atoms with Crippen molar-refractivity contribution >= 4 is 0 Å². The van der Waals surface area contributed by atoms with Crippen LogP contribution in [0.1, 0.15) is 18.4 Å². The summed E-state index contributed by atoms with van der Waals surface area (Å²) in [5.41, 5.74) is 4.97. The summed E-state index contributed by atoms with van der Waals surface area (Å²) in [5.74, 6) is 1.40. The molecule has 0 amide bonds. The molecule has 0 aromatic heterocycles. The van der Waals surface area contributed by atoms with E-state index in [4.69, 9.17) is 10.5 Å². The van der Waals surface area contributed by atoms with E-state index in [9.17, 15) is 13.2 Å². The number of rotatable bonds is 5. The van der Waals surface area contributed by atoms with Crippen LogP contribution in [0.15, 0.2) is 24.3 Å². The molecule has 1 aromatic carbocycles. The average Bonchev–Trinajstić information content (AvgIpc) is 3.14. The number of hydrogen-bond acceptors (Lipinski definition) is 2. The van der Waals surface area contributed by atoms with Crippen LogP contribution in [0.25, 0.3) is 0 Å². The fourth-order valence-electron chi connectivity index (χ4n) is 1.91. The van der Waals surface area contributed by atoms with Crippen molar-refractivity contribution in [3.05, 3.63) is 29.8 Å². The number of ether oxygens (including phenoxy) is 1. The van der Waals surface area contributed by atoms with Gasteiger partial charge in [0.15, 0.2) is 0 Å². The average molecular weight is 259 g/mol. The molecule has 1 aliphatic carbocycles. The highest BCUT2D eigenvalue weighted by Gasteiger charge is 2.31. The first-order chi connectivity index (χ1) is 8.50. The summed E-state index contributed by atoms with van der Waals surface area (Å²) in [6.45, 7) is 1.04. The Hall–Kier alpha value is -1.23. The Morgan fingerprint density at radius 1 is 1.22 bits per heavy atom. The van der Waals surface area contributed by atoms with Gasteiger partial charge >= 0.3 is 6.18 Å². The third-order valence-corrected chi connectivity index (χ3v) is 3.24. The Kier molecular flexibility index (Phi) is 3.80. The van der Waals surface area contributed by atoms with Crippen molar-refractivity contribution in [2.24, 2.45) is 17.6 Å². The van der Waals surface area contributed by atoms with Crippen molar-refractivity contribution in [3.63, 3.8) is 0 Å². The van der Waals surface area contributed by atoms with Crippen molar-refractivity contribution in [2.45, 2.75) is 19.0 Å². The van der Waals surface area contributed by atoms with Crippen LogP contribution in [0.4, 0.5) is 13.2 Å². The minimum atomic E-state index is -4.30. The van der Waals surface area contributed by atoms with E-state index >= 15 is 0 Å². The van der Waals surface area contributed by atoms with Gasteiger partial charge in [-0.1, -0.05) is 0 Å². The maximum absolute atomic E-state index is 12.3. The lowest BCUT2D eigenvalue weighted by Gasteiger charge is -2.15. The second kappa shape index (κ2) is 5.18. The lowest BCUT2D eigenvalue weighted by molar-refractivity contribution is -0.137. The third-order valence-electron chi connectivity index (χ3n) is 3.24. The molecule has 0 heterocycles. The van der Waals surface area contributed by atoms with E-state index in [1.165, 1.54) is 25.0 Å². The van der Waals surface area contributed by atoms with Crippen molar-refractivity contribution in [3.8, 4) is 5.75 Å². The fourth-order valence-corrected chi connectivity index (χ4v) is 1.91. The van der Waals surface area contributed by atoms with Crippen LogP contribution in [0.2, 0.25) is 0 Å². The zero-order valence-electron chi connectivity index (χ0n) is 9.91. The molecular weight excluding hydrogens is 243 g/mol. The van der Waals surface area contributed by atoms with Crippen LogP contribution in [0.5, 0.6) is 5.75 Å². The van der Waals surface area contributed by atoms with Gasteiger partial charge in [-0.15, -0.1) is 0 Å². The Bertz CT molecular complexity index is 384. The highest BCUT2D eigenvalue weighted by Crippen LogP contribution is 2.36. The first kappa shape index (κ1) is 13.2. The van der Waals surface area contributed by atoms with Crippen LogP contribution >= 0.6 is 0 Å². The summed E-state index contributed by atoms with van der Waals surface area (Å²) in [6, 6.07) is 4.76. The second-order valence-corrected chi connectivity index (χ2v) is 4.67. The third kappa shape index (κ3) is 3.38. The van der Waals surface area contributed by atoms with E-state index in [-0.39, 0.29) is 0 Å². The lowest BCUT2D eigenvalue weighted by Crippen LogP contribution is -2.23. The van der Waals surface area contributed by atoms with E-state index < -0.39 is 11.7 Å². The summed E-state index contributed by atoms with van der Waals surface area (Å²) in [5, 5.41) is 0. The molecule has 0 aliphatic heterocycles. The molecule has 1 aromatic rings. The van der Waals surface area contributed by atoms with Gasteiger partial charge in [0.1, 0.15) is 5.75 Å². The standard InChI is InChI=1S/C13H16F3NO/c14-13(15,16)11-3-5-12(6-4-11)18-8-10(7-17)9-1-2-9/h3-6,9-10H,1-2,7-8,17H2. The quantitative estimate of drug-likeness (QED) is 0.882. The Morgan fingerprint density at radius 3 is 2.28 bits per heavy atom. The Balaban J connectivity index is 1.90. The molecular formula is C13H16F3NO. The number of alkyl halides is 3. The molecule has 2 nitrogen and oxygen atoms in total. The second-order valence-electron chi connectivity index (χ2n) is 4.67. The van der Waals surface area contributed by atoms with Crippen LogP contribution in [0, 0.1) is 11.8 Å². The van der Waals surface area contributed by atoms with Gasteiger partial charge in [0, 0.05) is 5.92 Å². The summed E-state index contributed by atoms with van der Waals surface area (Å²) in [7, 11) is 0. The molecule has 1 fully saturated rings. The maximum atomic E-state index is 12.3. The normalized spacial score (nSPS) is 17.6. The number of hydrogen-bond donors (Lipinski definition) is 1. The van der Waals surface area contributed by atoms with Crippen LogP contribution < -0.4 is 10.5 Å². The minimum Gasteiger partial charge on any atom is -0.493 e. The highest BCUT2D eigenvalue weighted by molar-refractivity contribution is 5.28. The zero-order valence-corrected chi connectivity index (χ0v) is 9.91. The number of nitrogens with two attached hydrogens (primary N) is 1. The van der Waals surface area contributed by atoms with Crippen LogP contribution in [-0.2, 0) is 6.18 Å². The van der Waals surface area contributed by atoms with Crippen LogP contribution in [-0.4, -0.2) is 13.2 Å². The summed E-state index contributed by atoms with van der Waals surface area (Å²) in [6.07, 6.45) is -1.94. The Morgan fingerprint density at radius 2 is 1.83 bits per heavy atom. The molecule has 0 bridgehead atoms. The van der Waals surface area contributed by atoms with Gasteiger partial charge in [0.2, 0.25) is 0 Å². The van der Waals surface area contributed by atoms with Gasteiger partial charge in [0.25, 0.3) is 0 Å². The molecule has 1 saturated carbocycles. The van der Waals surface area contributed by atoms with E-state index in [0.29, 0.717) is 30.7 Å². The molecule has 1 aliphatic rings. The van der Waals surface area contributed by atoms with Gasteiger partial charge in [-0.2, -0.15) is 13.2 Å². The topological polar surface area (TPSA) is 35.2 Å². The van der Waals surface area contributed by atoms with Gasteiger partial charge in [0.05, 0.1) is 12.2 Å². The molecule has 0 radical (unpaired) electrons. The van der Waals surface area contributed by atoms with Crippen LogP contribution in [0.3, 0.4) is 0 Å².